The van der Waals surface area contributed by atoms with E-state index in [1.165, 1.54) is 12.3 Å². The predicted octanol–water partition coefficient (Wildman–Crippen LogP) is 4.28. The molecule has 0 atom stereocenters. The number of phenols is 2. The van der Waals surface area contributed by atoms with E-state index < -0.39 is 38.5 Å². The van der Waals surface area contributed by atoms with Crippen LogP contribution < -0.4 is 0 Å². The van der Waals surface area contributed by atoms with E-state index in [2.05, 4.69) is 10.2 Å². The Balaban J connectivity index is 2.22. The molecule has 12 heteroatoms. The van der Waals surface area contributed by atoms with Crippen LogP contribution in [0.5, 0.6) is 11.5 Å². The van der Waals surface area contributed by atoms with Crippen molar-refractivity contribution in [2.75, 3.05) is 0 Å². The molecule has 0 aliphatic carbocycles. The summed E-state index contributed by atoms with van der Waals surface area (Å²) in [4.78, 5) is 32.3. The number of hydrogen-bond acceptors (Lipinski definition) is 10. The Hall–Kier alpha value is -4.35. The van der Waals surface area contributed by atoms with Crippen LogP contribution in [0, 0.1) is 20.2 Å². The number of nitro benzene ring substituents is 2. The predicted molar refractivity (Wildman–Crippen MR) is 93.5 cm³/mol. The van der Waals surface area contributed by atoms with Crippen molar-refractivity contribution >= 4 is 39.5 Å². The third-order valence-corrected chi connectivity index (χ3v) is 3.81. The summed E-state index contributed by atoms with van der Waals surface area (Å²) in [5.74, 6) is -2.09. The number of phenolic OH excluding ortho intramolecular Hbond substituents is 2. The molecule has 2 N–H and O–H groups in total. The Morgan fingerprint density at radius 2 is 1.79 bits per heavy atom. The zero-order valence-corrected chi connectivity index (χ0v) is 14.0. The van der Waals surface area contributed by atoms with Crippen molar-refractivity contribution in [3.8, 4) is 11.5 Å². The van der Waals surface area contributed by atoms with Crippen molar-refractivity contribution in [2.45, 2.75) is 6.92 Å². The number of carbonyl (C=O) groups excluding carboxylic acids is 1. The van der Waals surface area contributed by atoms with Crippen LogP contribution in [0.15, 0.2) is 45.2 Å². The molecule has 142 valence electrons. The molecule has 3 rings (SSSR count). The van der Waals surface area contributed by atoms with Crippen LogP contribution in [0.25, 0.3) is 11.0 Å². The van der Waals surface area contributed by atoms with E-state index in [9.17, 15) is 35.2 Å². The molecule has 0 spiro atoms. The molecule has 12 nitrogen and oxygen atoms in total. The second-order valence-corrected chi connectivity index (χ2v) is 5.53. The monoisotopic (exact) mass is 386 g/mol. The van der Waals surface area contributed by atoms with Crippen molar-refractivity contribution in [3.05, 3.63) is 56.3 Å². The number of non-ortho nitro benzene ring substituents is 1. The van der Waals surface area contributed by atoms with Crippen LogP contribution >= 0.6 is 0 Å². The number of fused-ring (bicyclic) bond motifs is 1. The average molecular weight is 386 g/mol. The van der Waals surface area contributed by atoms with Crippen molar-refractivity contribution < 1.29 is 29.3 Å². The van der Waals surface area contributed by atoms with Gasteiger partial charge in [-0.05, 0) is 19.1 Å². The van der Waals surface area contributed by atoms with E-state index in [-0.39, 0.29) is 27.9 Å². The van der Waals surface area contributed by atoms with Gasteiger partial charge in [0.2, 0.25) is 5.75 Å². The standard InChI is InChI=1S/C16H10N4O8/c1-7(21)12-13(9-4-5-28-16(9)15(23)14(12)22)18-17-10-3-2-8(19(24)25)6-11(10)20(26)27/h2-6,22-23H,1H3. The minimum Gasteiger partial charge on any atom is -0.504 e. The summed E-state index contributed by atoms with van der Waals surface area (Å²) in [6, 6.07) is 4.12. The number of ketones is 1. The van der Waals surface area contributed by atoms with Gasteiger partial charge in [0.1, 0.15) is 5.69 Å². The maximum absolute atomic E-state index is 11.9. The minimum absolute atomic E-state index is 0.133. The van der Waals surface area contributed by atoms with Gasteiger partial charge in [-0.25, -0.2) is 0 Å². The third-order valence-electron chi connectivity index (χ3n) is 3.81. The first kappa shape index (κ1) is 18.4. The number of azo groups is 1. The molecule has 0 fully saturated rings. The Bertz CT molecular complexity index is 1180. The van der Waals surface area contributed by atoms with Crippen LogP contribution in [0.1, 0.15) is 17.3 Å². The zero-order chi connectivity index (χ0) is 20.6. The van der Waals surface area contributed by atoms with E-state index in [4.69, 9.17) is 4.42 Å². The summed E-state index contributed by atoms with van der Waals surface area (Å²) in [5.41, 5.74) is -2.19. The van der Waals surface area contributed by atoms with Gasteiger partial charge in [0.15, 0.2) is 22.8 Å². The van der Waals surface area contributed by atoms with E-state index in [1.54, 1.807) is 0 Å². The normalized spacial score (nSPS) is 11.2. The fraction of sp³-hybridized carbons (Fsp3) is 0.0625. The number of nitrogens with zero attached hydrogens (tertiary/aromatic N) is 4. The number of hydrogen-bond donors (Lipinski definition) is 2. The highest BCUT2D eigenvalue weighted by Gasteiger charge is 2.25. The van der Waals surface area contributed by atoms with Crippen LogP contribution in [-0.4, -0.2) is 25.8 Å². The highest BCUT2D eigenvalue weighted by atomic mass is 16.6. The fourth-order valence-corrected chi connectivity index (χ4v) is 2.55. The SMILES string of the molecule is CC(=O)c1c(O)c(O)c2occc2c1N=Nc1ccc([N+](=O)[O-])cc1[N+](=O)[O-]. The average Bonchev–Trinajstić information content (AvgIpc) is 3.12. The Morgan fingerprint density at radius 1 is 1.07 bits per heavy atom. The first-order valence-electron chi connectivity index (χ1n) is 7.53. The van der Waals surface area contributed by atoms with Crippen LogP contribution in [0.3, 0.4) is 0 Å². The molecule has 0 saturated carbocycles. The second kappa shape index (κ2) is 6.75. The zero-order valence-electron chi connectivity index (χ0n) is 14.0. The molecule has 1 heterocycles. The summed E-state index contributed by atoms with van der Waals surface area (Å²) in [6.45, 7) is 1.12. The Labute approximate surface area is 154 Å². The lowest BCUT2D eigenvalue weighted by Crippen LogP contribution is -1.95. The van der Waals surface area contributed by atoms with Gasteiger partial charge in [-0.2, -0.15) is 0 Å². The quantitative estimate of drug-likeness (QED) is 0.214. The number of benzene rings is 2. The lowest BCUT2D eigenvalue weighted by molar-refractivity contribution is -0.393. The summed E-state index contributed by atoms with van der Waals surface area (Å²) >= 11 is 0. The molecule has 0 aliphatic rings. The maximum atomic E-state index is 11.9. The van der Waals surface area contributed by atoms with Crippen molar-refractivity contribution in [1.82, 2.24) is 0 Å². The van der Waals surface area contributed by atoms with Crippen molar-refractivity contribution in [3.63, 3.8) is 0 Å². The molecule has 3 aromatic rings. The molecule has 2 aromatic carbocycles. The number of rotatable bonds is 5. The smallest absolute Gasteiger partial charge is 0.303 e. The molecular weight excluding hydrogens is 376 g/mol. The number of aromatic hydroxyl groups is 2. The van der Waals surface area contributed by atoms with Gasteiger partial charge < -0.3 is 14.6 Å². The number of Topliss-reactive ketones (excluding diaryl/α,β-unsaturated/α-hetero) is 1. The molecule has 0 aliphatic heterocycles. The van der Waals surface area contributed by atoms with Gasteiger partial charge in [0.05, 0.1) is 33.1 Å². The molecule has 0 amide bonds. The third kappa shape index (κ3) is 2.98. The largest absolute Gasteiger partial charge is 0.504 e. The molecule has 0 unspecified atom stereocenters. The van der Waals surface area contributed by atoms with Gasteiger partial charge in [-0.15, -0.1) is 10.2 Å². The molecule has 1 aromatic heterocycles. The van der Waals surface area contributed by atoms with Gasteiger partial charge >= 0.3 is 5.69 Å². The molecule has 0 bridgehead atoms. The first-order chi connectivity index (χ1) is 13.2. The van der Waals surface area contributed by atoms with Crippen LogP contribution in [0.4, 0.5) is 22.7 Å². The van der Waals surface area contributed by atoms with E-state index in [1.807, 2.05) is 0 Å². The van der Waals surface area contributed by atoms with Gasteiger partial charge in [0, 0.05) is 6.07 Å². The highest BCUT2D eigenvalue weighted by Crippen LogP contribution is 2.46. The van der Waals surface area contributed by atoms with Crippen LogP contribution in [0.2, 0.25) is 0 Å². The molecule has 0 radical (unpaired) electrons. The highest BCUT2D eigenvalue weighted by molar-refractivity contribution is 6.11. The molecule has 28 heavy (non-hydrogen) atoms. The second-order valence-electron chi connectivity index (χ2n) is 5.53. The summed E-state index contributed by atoms with van der Waals surface area (Å²) in [7, 11) is 0. The van der Waals surface area contributed by atoms with Crippen molar-refractivity contribution in [2.24, 2.45) is 10.2 Å². The Kier molecular flexibility index (Phi) is 4.45. The van der Waals surface area contributed by atoms with E-state index >= 15 is 0 Å². The summed E-state index contributed by atoms with van der Waals surface area (Å²) in [5, 5.41) is 49.7. The molecular formula is C16H10N4O8. The lowest BCUT2D eigenvalue weighted by Gasteiger charge is -2.07. The number of furan rings is 1. The van der Waals surface area contributed by atoms with Gasteiger partial charge in [-0.1, -0.05) is 0 Å². The number of nitro groups is 2. The topological polar surface area (TPSA) is 182 Å². The maximum Gasteiger partial charge on any atom is 0.303 e. The van der Waals surface area contributed by atoms with Crippen LogP contribution in [-0.2, 0) is 0 Å². The van der Waals surface area contributed by atoms with E-state index in [0.717, 1.165) is 25.1 Å². The minimum atomic E-state index is -0.866. The van der Waals surface area contributed by atoms with Gasteiger partial charge in [0.25, 0.3) is 5.69 Å². The summed E-state index contributed by atoms with van der Waals surface area (Å²) in [6.07, 6.45) is 1.18. The molecule has 0 saturated heterocycles. The number of carbonyl (C=O) groups is 1. The summed E-state index contributed by atoms with van der Waals surface area (Å²) < 4.78 is 5.05. The first-order valence-corrected chi connectivity index (χ1v) is 7.53. The van der Waals surface area contributed by atoms with E-state index in [0.29, 0.717) is 0 Å². The Morgan fingerprint density at radius 3 is 2.39 bits per heavy atom. The fourth-order valence-electron chi connectivity index (χ4n) is 2.55. The van der Waals surface area contributed by atoms with Crippen molar-refractivity contribution in [1.29, 1.82) is 0 Å². The van der Waals surface area contributed by atoms with Gasteiger partial charge in [-0.3, -0.25) is 25.0 Å². The lowest BCUT2D eigenvalue weighted by atomic mass is 10.0.